The first-order valence-corrected chi connectivity index (χ1v) is 11.2. The smallest absolute Gasteiger partial charge is 0.340 e. The van der Waals surface area contributed by atoms with E-state index in [4.69, 9.17) is 14.2 Å². The third kappa shape index (κ3) is 6.77. The van der Waals surface area contributed by atoms with E-state index in [0.29, 0.717) is 0 Å². The maximum Gasteiger partial charge on any atom is 0.340 e. The SMILES string of the molecule is CCC(=O)Nc1cc(OC)c(OCCCN(C(=O)CC)C(=O)c2c(F)cccc2F)cc1C(=O)OC. The average molecular weight is 507 g/mol. The third-order valence-electron chi connectivity index (χ3n) is 5.11. The molecule has 0 unspecified atom stereocenters. The van der Waals surface area contributed by atoms with Crippen LogP contribution in [0.1, 0.15) is 53.8 Å². The number of hydrogen-bond acceptors (Lipinski definition) is 7. The fourth-order valence-corrected chi connectivity index (χ4v) is 3.23. The van der Waals surface area contributed by atoms with Gasteiger partial charge in [-0.15, -0.1) is 0 Å². The summed E-state index contributed by atoms with van der Waals surface area (Å²) in [7, 11) is 2.56. The van der Waals surface area contributed by atoms with Gasteiger partial charge in [-0.05, 0) is 18.6 Å². The van der Waals surface area contributed by atoms with Gasteiger partial charge in [-0.2, -0.15) is 0 Å². The van der Waals surface area contributed by atoms with Crippen LogP contribution < -0.4 is 14.8 Å². The molecule has 0 atom stereocenters. The summed E-state index contributed by atoms with van der Waals surface area (Å²) >= 11 is 0. The van der Waals surface area contributed by atoms with Gasteiger partial charge >= 0.3 is 5.97 Å². The Labute approximate surface area is 207 Å². The van der Waals surface area contributed by atoms with Crippen LogP contribution in [-0.2, 0) is 14.3 Å². The molecule has 0 saturated carbocycles. The van der Waals surface area contributed by atoms with Crippen molar-refractivity contribution in [3.63, 3.8) is 0 Å². The summed E-state index contributed by atoms with van der Waals surface area (Å²) in [5, 5.41) is 2.60. The maximum atomic E-state index is 14.1. The summed E-state index contributed by atoms with van der Waals surface area (Å²) in [5.41, 5.74) is -0.604. The number of benzene rings is 2. The summed E-state index contributed by atoms with van der Waals surface area (Å²) in [6.07, 6.45) is 0.242. The molecule has 0 aliphatic rings. The van der Waals surface area contributed by atoms with Gasteiger partial charge in [-0.1, -0.05) is 19.9 Å². The number of hydrogen-bond donors (Lipinski definition) is 1. The first-order valence-electron chi connectivity index (χ1n) is 11.2. The van der Waals surface area contributed by atoms with Crippen LogP contribution in [0.2, 0.25) is 0 Å². The highest BCUT2D eigenvalue weighted by molar-refractivity contribution is 6.05. The lowest BCUT2D eigenvalue weighted by molar-refractivity contribution is -0.128. The van der Waals surface area contributed by atoms with Crippen LogP contribution in [0.25, 0.3) is 0 Å². The summed E-state index contributed by atoms with van der Waals surface area (Å²) in [6, 6.07) is 5.74. The van der Waals surface area contributed by atoms with Crippen LogP contribution in [0.15, 0.2) is 30.3 Å². The minimum atomic E-state index is -1.08. The number of amides is 3. The molecule has 0 fully saturated rings. The molecule has 0 saturated heterocycles. The number of rotatable bonds is 11. The number of esters is 1. The molecule has 0 radical (unpaired) electrons. The number of ether oxygens (including phenoxy) is 3. The van der Waals surface area contributed by atoms with Gasteiger partial charge in [0.25, 0.3) is 5.91 Å². The number of carbonyl (C=O) groups excluding carboxylic acids is 4. The zero-order chi connectivity index (χ0) is 26.8. The zero-order valence-electron chi connectivity index (χ0n) is 20.5. The third-order valence-corrected chi connectivity index (χ3v) is 5.11. The van der Waals surface area contributed by atoms with Gasteiger partial charge in [0.1, 0.15) is 17.2 Å². The number of nitrogens with zero attached hydrogens (tertiary/aromatic N) is 1. The molecule has 194 valence electrons. The van der Waals surface area contributed by atoms with Gasteiger partial charge < -0.3 is 19.5 Å². The number of imide groups is 1. The number of halogens is 2. The molecule has 0 aliphatic heterocycles. The molecule has 2 aromatic carbocycles. The Morgan fingerprint density at radius 1 is 0.972 bits per heavy atom. The minimum Gasteiger partial charge on any atom is -0.493 e. The Morgan fingerprint density at radius 2 is 1.64 bits per heavy atom. The lowest BCUT2D eigenvalue weighted by Crippen LogP contribution is -2.38. The van der Waals surface area contributed by atoms with E-state index in [9.17, 15) is 28.0 Å². The van der Waals surface area contributed by atoms with Gasteiger partial charge in [-0.25, -0.2) is 13.6 Å². The Hall–Kier alpha value is -4.02. The second-order valence-electron chi connectivity index (χ2n) is 7.44. The summed E-state index contributed by atoms with van der Waals surface area (Å²) in [6.45, 7) is 2.96. The normalized spacial score (nSPS) is 10.4. The second-order valence-corrected chi connectivity index (χ2v) is 7.44. The van der Waals surface area contributed by atoms with Gasteiger partial charge in [0.05, 0.1) is 32.1 Å². The topological polar surface area (TPSA) is 111 Å². The fraction of sp³-hybridized carbons (Fsp3) is 0.360. The van der Waals surface area contributed by atoms with E-state index in [2.05, 4.69) is 5.32 Å². The lowest BCUT2D eigenvalue weighted by Gasteiger charge is -2.21. The number of anilines is 1. The molecule has 11 heteroatoms. The Balaban J connectivity index is 2.20. The van der Waals surface area contributed by atoms with Crippen molar-refractivity contribution in [3.8, 4) is 11.5 Å². The van der Waals surface area contributed by atoms with Crippen LogP contribution in [-0.4, -0.2) is 56.0 Å². The quantitative estimate of drug-likeness (QED) is 0.363. The van der Waals surface area contributed by atoms with Crippen LogP contribution in [0, 0.1) is 11.6 Å². The van der Waals surface area contributed by atoms with Crippen LogP contribution in [0.5, 0.6) is 11.5 Å². The molecule has 3 amide bonds. The highest BCUT2D eigenvalue weighted by Crippen LogP contribution is 2.34. The zero-order valence-corrected chi connectivity index (χ0v) is 20.5. The van der Waals surface area contributed by atoms with E-state index < -0.39 is 35.0 Å². The lowest BCUT2D eigenvalue weighted by atomic mass is 10.1. The number of nitrogens with one attached hydrogen (secondary N) is 1. The monoisotopic (exact) mass is 506 g/mol. The van der Waals surface area contributed by atoms with Gasteiger partial charge in [0.15, 0.2) is 11.5 Å². The van der Waals surface area contributed by atoms with Crippen molar-refractivity contribution < 1.29 is 42.2 Å². The van der Waals surface area contributed by atoms with E-state index in [1.165, 1.54) is 33.3 Å². The number of methoxy groups -OCH3 is 2. The van der Waals surface area contributed by atoms with E-state index in [0.717, 1.165) is 23.1 Å². The molecule has 0 bridgehead atoms. The molecular formula is C25H28F2N2O7. The van der Waals surface area contributed by atoms with E-state index >= 15 is 0 Å². The fourth-order valence-electron chi connectivity index (χ4n) is 3.23. The summed E-state index contributed by atoms with van der Waals surface area (Å²) in [5.74, 6) is -4.52. The predicted octanol–water partition coefficient (Wildman–Crippen LogP) is 3.96. The Kier molecular flexibility index (Phi) is 10.3. The minimum absolute atomic E-state index is 0.0306. The van der Waals surface area contributed by atoms with Gasteiger partial charge in [0, 0.05) is 31.5 Å². The molecule has 0 heterocycles. The predicted molar refractivity (Wildman–Crippen MR) is 126 cm³/mol. The van der Waals surface area contributed by atoms with Crippen LogP contribution in [0.4, 0.5) is 14.5 Å². The highest BCUT2D eigenvalue weighted by atomic mass is 19.1. The molecule has 1 N–H and O–H groups in total. The molecule has 9 nitrogen and oxygen atoms in total. The van der Waals surface area contributed by atoms with Crippen LogP contribution >= 0.6 is 0 Å². The van der Waals surface area contributed by atoms with Gasteiger partial charge in [0.2, 0.25) is 11.8 Å². The van der Waals surface area contributed by atoms with Crippen molar-refractivity contribution in [3.05, 3.63) is 53.1 Å². The summed E-state index contributed by atoms with van der Waals surface area (Å²) in [4.78, 5) is 49.9. The van der Waals surface area contributed by atoms with E-state index in [1.54, 1.807) is 6.92 Å². The standard InChI is InChI=1S/C25H28F2N2O7/c1-5-21(30)28-18-14-19(34-3)20(13-15(18)25(33)35-4)36-12-8-11-29(22(31)6-2)24(32)23-16(26)9-7-10-17(23)27/h7,9-10,13-14H,5-6,8,11-12H2,1-4H3,(H,28,30). The Bertz CT molecular complexity index is 1120. The summed E-state index contributed by atoms with van der Waals surface area (Å²) < 4.78 is 43.9. The molecule has 2 aromatic rings. The second kappa shape index (κ2) is 13.2. The Morgan fingerprint density at radius 3 is 2.19 bits per heavy atom. The van der Waals surface area contributed by atoms with Crippen molar-refractivity contribution in [2.24, 2.45) is 0 Å². The molecule has 36 heavy (non-hydrogen) atoms. The van der Waals surface area contributed by atoms with E-state index in [-0.39, 0.29) is 61.1 Å². The van der Waals surface area contributed by atoms with Crippen molar-refractivity contribution >= 4 is 29.4 Å². The number of carbonyl (C=O) groups is 4. The molecule has 2 rings (SSSR count). The first-order chi connectivity index (χ1) is 17.2. The first kappa shape index (κ1) is 28.2. The molecular weight excluding hydrogens is 478 g/mol. The van der Waals surface area contributed by atoms with E-state index in [1.807, 2.05) is 0 Å². The van der Waals surface area contributed by atoms with Gasteiger partial charge in [-0.3, -0.25) is 19.3 Å². The van der Waals surface area contributed by atoms with Crippen molar-refractivity contribution in [1.29, 1.82) is 0 Å². The highest BCUT2D eigenvalue weighted by Gasteiger charge is 2.27. The maximum absolute atomic E-state index is 14.1. The average Bonchev–Trinajstić information content (AvgIpc) is 2.87. The molecule has 0 aromatic heterocycles. The van der Waals surface area contributed by atoms with Crippen LogP contribution in [0.3, 0.4) is 0 Å². The largest absolute Gasteiger partial charge is 0.493 e. The molecule has 0 spiro atoms. The van der Waals surface area contributed by atoms with Crippen molar-refractivity contribution in [2.75, 3.05) is 32.7 Å². The van der Waals surface area contributed by atoms with Crippen molar-refractivity contribution in [1.82, 2.24) is 4.90 Å². The molecule has 0 aliphatic carbocycles. The van der Waals surface area contributed by atoms with Crippen molar-refractivity contribution in [2.45, 2.75) is 33.1 Å².